The normalized spacial score (nSPS) is 9.67. The largest absolute Gasteiger partial charge is 0.478 e. The molecule has 1 aromatic rings. The number of carboxylic acid groups (broad SMARTS) is 1. The molecule has 0 aliphatic carbocycles. The molecule has 0 saturated heterocycles. The Morgan fingerprint density at radius 2 is 2.22 bits per heavy atom. The van der Waals surface area contributed by atoms with Gasteiger partial charge < -0.3 is 9.84 Å². The molecule has 1 rings (SSSR count). The van der Waals surface area contributed by atoms with Crippen molar-refractivity contribution in [2.75, 3.05) is 11.9 Å². The van der Waals surface area contributed by atoms with Gasteiger partial charge in [-0.05, 0) is 28.1 Å². The maximum atomic E-state index is 13.3. The molecule has 18 heavy (non-hydrogen) atoms. The summed E-state index contributed by atoms with van der Waals surface area (Å²) < 4.78 is 18.1. The molecule has 0 spiro atoms. The average molecular weight is 318 g/mol. The lowest BCUT2D eigenvalue weighted by molar-refractivity contribution is 0.0691. The minimum atomic E-state index is -1.43. The number of carbonyl (C=O) groups excluding carboxylic acids is 1. The standard InChI is InChI=1S/C11H9BrFNO4/c1-2-3-18-11(17)14-9-4-6(10(15)16)8(13)5-7(9)12/h2,4-5H,1,3H2,(H,14,17)(H,15,16). The van der Waals surface area contributed by atoms with Crippen LogP contribution in [0.1, 0.15) is 10.4 Å². The lowest BCUT2D eigenvalue weighted by Gasteiger charge is -2.09. The zero-order chi connectivity index (χ0) is 13.7. The number of amides is 1. The quantitative estimate of drug-likeness (QED) is 0.837. The van der Waals surface area contributed by atoms with Crippen molar-refractivity contribution in [3.8, 4) is 0 Å². The molecule has 0 aromatic heterocycles. The minimum absolute atomic E-state index is 0.0104. The Kier molecular flexibility index (Phi) is 4.85. The number of nitrogens with one attached hydrogen (secondary N) is 1. The molecule has 5 nitrogen and oxygen atoms in total. The third-order valence-electron chi connectivity index (χ3n) is 1.86. The number of aromatic carboxylic acids is 1. The summed E-state index contributed by atoms with van der Waals surface area (Å²) in [6, 6.07) is 1.95. The first-order valence-electron chi connectivity index (χ1n) is 4.72. The zero-order valence-corrected chi connectivity index (χ0v) is 10.7. The molecule has 7 heteroatoms. The predicted molar refractivity (Wildman–Crippen MR) is 66.2 cm³/mol. The molecule has 0 saturated carbocycles. The summed E-state index contributed by atoms with van der Waals surface area (Å²) in [5, 5.41) is 11.0. The van der Waals surface area contributed by atoms with Crippen LogP contribution >= 0.6 is 15.9 Å². The second-order valence-electron chi connectivity index (χ2n) is 3.13. The van der Waals surface area contributed by atoms with Gasteiger partial charge in [0.1, 0.15) is 12.4 Å². The first-order valence-corrected chi connectivity index (χ1v) is 5.52. The number of carbonyl (C=O) groups is 2. The van der Waals surface area contributed by atoms with Gasteiger partial charge in [0.15, 0.2) is 0 Å². The van der Waals surface area contributed by atoms with Crippen molar-refractivity contribution in [3.63, 3.8) is 0 Å². The highest BCUT2D eigenvalue weighted by Crippen LogP contribution is 2.26. The highest BCUT2D eigenvalue weighted by atomic mass is 79.9. The first-order chi connectivity index (χ1) is 8.45. The van der Waals surface area contributed by atoms with E-state index < -0.39 is 23.4 Å². The van der Waals surface area contributed by atoms with Crippen molar-refractivity contribution in [1.29, 1.82) is 0 Å². The van der Waals surface area contributed by atoms with E-state index in [1.54, 1.807) is 0 Å². The molecule has 0 heterocycles. The van der Waals surface area contributed by atoms with Crippen LogP contribution in [0, 0.1) is 5.82 Å². The van der Waals surface area contributed by atoms with Gasteiger partial charge in [0.25, 0.3) is 0 Å². The summed E-state index contributed by atoms with van der Waals surface area (Å²) in [4.78, 5) is 22.0. The smallest absolute Gasteiger partial charge is 0.411 e. The number of hydrogen-bond donors (Lipinski definition) is 2. The van der Waals surface area contributed by atoms with Crippen LogP contribution in [0.4, 0.5) is 14.9 Å². The van der Waals surface area contributed by atoms with Crippen molar-refractivity contribution >= 4 is 33.7 Å². The molecule has 0 aliphatic rings. The van der Waals surface area contributed by atoms with Gasteiger partial charge in [-0.25, -0.2) is 14.0 Å². The Balaban J connectivity index is 2.95. The fourth-order valence-electron chi connectivity index (χ4n) is 1.09. The van der Waals surface area contributed by atoms with E-state index in [2.05, 4.69) is 32.6 Å². The van der Waals surface area contributed by atoms with Crippen LogP contribution in [-0.2, 0) is 4.74 Å². The minimum Gasteiger partial charge on any atom is -0.478 e. The third-order valence-corrected chi connectivity index (χ3v) is 2.51. The maximum absolute atomic E-state index is 13.3. The number of ether oxygens (including phenoxy) is 1. The maximum Gasteiger partial charge on any atom is 0.411 e. The topological polar surface area (TPSA) is 75.6 Å². The molecule has 2 N–H and O–H groups in total. The van der Waals surface area contributed by atoms with Crippen molar-refractivity contribution < 1.29 is 23.8 Å². The van der Waals surface area contributed by atoms with E-state index in [0.717, 1.165) is 12.1 Å². The van der Waals surface area contributed by atoms with E-state index >= 15 is 0 Å². The Morgan fingerprint density at radius 3 is 2.78 bits per heavy atom. The first kappa shape index (κ1) is 14.2. The van der Waals surface area contributed by atoms with Crippen molar-refractivity contribution in [2.45, 2.75) is 0 Å². The number of anilines is 1. The van der Waals surface area contributed by atoms with Gasteiger partial charge in [0.05, 0.1) is 11.3 Å². The van der Waals surface area contributed by atoms with Gasteiger partial charge >= 0.3 is 12.1 Å². The molecule has 1 aromatic carbocycles. The van der Waals surface area contributed by atoms with Gasteiger partial charge in [-0.1, -0.05) is 12.7 Å². The van der Waals surface area contributed by atoms with E-state index in [9.17, 15) is 14.0 Å². The summed E-state index contributed by atoms with van der Waals surface area (Å²) in [6.07, 6.45) is 0.584. The zero-order valence-electron chi connectivity index (χ0n) is 9.07. The fourth-order valence-corrected chi connectivity index (χ4v) is 1.50. The Bertz CT molecular complexity index is 504. The van der Waals surface area contributed by atoms with Crippen LogP contribution in [0.15, 0.2) is 29.3 Å². The summed E-state index contributed by atoms with van der Waals surface area (Å²) in [7, 11) is 0. The van der Waals surface area contributed by atoms with E-state index in [1.807, 2.05) is 0 Å². The molecule has 0 radical (unpaired) electrons. The summed E-state index contributed by atoms with van der Waals surface area (Å²) in [5.74, 6) is -2.33. The lowest BCUT2D eigenvalue weighted by atomic mass is 10.2. The Hall–Kier alpha value is -1.89. The van der Waals surface area contributed by atoms with E-state index in [4.69, 9.17) is 5.11 Å². The third kappa shape index (κ3) is 3.56. The monoisotopic (exact) mass is 317 g/mol. The average Bonchev–Trinajstić information content (AvgIpc) is 2.29. The molecular weight excluding hydrogens is 309 g/mol. The molecule has 0 fully saturated rings. The van der Waals surface area contributed by atoms with Gasteiger partial charge in [-0.2, -0.15) is 0 Å². The Morgan fingerprint density at radius 1 is 1.56 bits per heavy atom. The van der Waals surface area contributed by atoms with Gasteiger partial charge in [-0.3, -0.25) is 5.32 Å². The van der Waals surface area contributed by atoms with Gasteiger partial charge in [0.2, 0.25) is 0 Å². The number of hydrogen-bond acceptors (Lipinski definition) is 3. The van der Waals surface area contributed by atoms with Crippen LogP contribution in [0.5, 0.6) is 0 Å². The second-order valence-corrected chi connectivity index (χ2v) is 3.98. The summed E-state index contributed by atoms with van der Waals surface area (Å²) in [6.45, 7) is 3.37. The lowest BCUT2D eigenvalue weighted by Crippen LogP contribution is -2.15. The highest BCUT2D eigenvalue weighted by molar-refractivity contribution is 9.10. The van der Waals surface area contributed by atoms with Crippen LogP contribution in [0.25, 0.3) is 0 Å². The fraction of sp³-hybridized carbons (Fsp3) is 0.0909. The molecule has 0 unspecified atom stereocenters. The van der Waals surface area contributed by atoms with Crippen LogP contribution < -0.4 is 5.32 Å². The number of halogens is 2. The summed E-state index contributed by atoms with van der Waals surface area (Å²) in [5.41, 5.74) is -0.444. The highest BCUT2D eigenvalue weighted by Gasteiger charge is 2.15. The van der Waals surface area contributed by atoms with Crippen LogP contribution in [0.3, 0.4) is 0 Å². The van der Waals surface area contributed by atoms with Crippen molar-refractivity contribution in [2.24, 2.45) is 0 Å². The number of rotatable bonds is 4. The molecule has 1 amide bonds. The predicted octanol–water partition coefficient (Wildman–Crippen LogP) is 3.02. The SMILES string of the molecule is C=CCOC(=O)Nc1cc(C(=O)O)c(F)cc1Br. The van der Waals surface area contributed by atoms with Crippen LogP contribution in [-0.4, -0.2) is 23.8 Å². The molecule has 0 atom stereocenters. The molecule has 96 valence electrons. The van der Waals surface area contributed by atoms with Crippen molar-refractivity contribution in [3.05, 3.63) is 40.6 Å². The number of carboxylic acids is 1. The van der Waals surface area contributed by atoms with Gasteiger partial charge in [0, 0.05) is 4.47 Å². The van der Waals surface area contributed by atoms with E-state index in [1.165, 1.54) is 6.08 Å². The Labute approximate surface area is 110 Å². The molecular formula is C11H9BrFNO4. The molecule has 0 bridgehead atoms. The van der Waals surface area contributed by atoms with E-state index in [-0.39, 0.29) is 16.8 Å². The van der Waals surface area contributed by atoms with Crippen LogP contribution in [0.2, 0.25) is 0 Å². The van der Waals surface area contributed by atoms with E-state index in [0.29, 0.717) is 0 Å². The summed E-state index contributed by atoms with van der Waals surface area (Å²) >= 11 is 3.00. The number of benzene rings is 1. The molecule has 0 aliphatic heterocycles. The second kappa shape index (κ2) is 6.15. The van der Waals surface area contributed by atoms with Gasteiger partial charge in [-0.15, -0.1) is 0 Å². The van der Waals surface area contributed by atoms with Crippen molar-refractivity contribution in [1.82, 2.24) is 0 Å².